The van der Waals surface area contributed by atoms with Crippen LogP contribution in [-0.2, 0) is 9.47 Å². The van der Waals surface area contributed by atoms with Crippen LogP contribution in [0.2, 0.25) is 25.7 Å². The monoisotopic (exact) mass is 540 g/mol. The smallest absolute Gasteiger partial charge is 0.435 e. The summed E-state index contributed by atoms with van der Waals surface area (Å²) in [4.78, 5) is 23.5. The van der Waals surface area contributed by atoms with Gasteiger partial charge in [-0.25, -0.2) is 9.78 Å². The number of ether oxygens (including phenoxy) is 2. The maximum atomic E-state index is 12.2. The zero-order valence-electron chi connectivity index (χ0n) is 21.9. The molecular formula is C24H32N8O3SSi. The van der Waals surface area contributed by atoms with Gasteiger partial charge < -0.3 is 14.8 Å². The minimum absolute atomic E-state index is 0.327. The van der Waals surface area contributed by atoms with Crippen LogP contribution in [0, 0.1) is 0 Å². The number of rotatable bonds is 9. The molecule has 0 aliphatic rings. The van der Waals surface area contributed by atoms with Gasteiger partial charge >= 0.3 is 6.09 Å². The van der Waals surface area contributed by atoms with E-state index in [0.29, 0.717) is 41.2 Å². The van der Waals surface area contributed by atoms with E-state index < -0.39 is 19.8 Å². The van der Waals surface area contributed by atoms with E-state index >= 15 is 0 Å². The summed E-state index contributed by atoms with van der Waals surface area (Å²) in [7, 11) is -1.20. The molecule has 0 bridgehead atoms. The molecule has 13 heteroatoms. The van der Waals surface area contributed by atoms with E-state index in [9.17, 15) is 4.79 Å². The maximum absolute atomic E-state index is 12.2. The lowest BCUT2D eigenvalue weighted by Crippen LogP contribution is -2.27. The summed E-state index contributed by atoms with van der Waals surface area (Å²) in [6.45, 7) is 13.4. The number of carbonyl (C=O) groups is 1. The second kappa shape index (κ2) is 10.9. The van der Waals surface area contributed by atoms with E-state index in [1.165, 1.54) is 11.3 Å². The van der Waals surface area contributed by atoms with Crippen LogP contribution in [0.5, 0.6) is 0 Å². The summed E-state index contributed by atoms with van der Waals surface area (Å²) in [5.41, 5.74) is 3.84. The molecule has 0 aromatic carbocycles. The van der Waals surface area contributed by atoms with Crippen molar-refractivity contribution >= 4 is 58.9 Å². The molecule has 0 spiro atoms. The van der Waals surface area contributed by atoms with Crippen molar-refractivity contribution in [2.45, 2.75) is 52.1 Å². The first-order valence-electron chi connectivity index (χ1n) is 11.9. The third-order valence-electron chi connectivity index (χ3n) is 5.05. The third kappa shape index (κ3) is 7.54. The Morgan fingerprint density at radius 1 is 1.16 bits per heavy atom. The van der Waals surface area contributed by atoms with Crippen LogP contribution in [0.4, 0.5) is 27.1 Å². The van der Waals surface area contributed by atoms with Gasteiger partial charge in [-0.3, -0.25) is 9.88 Å². The number of hydrogen-bond acceptors (Lipinski definition) is 11. The molecule has 196 valence electrons. The van der Waals surface area contributed by atoms with E-state index in [-0.39, 0.29) is 0 Å². The molecule has 4 aromatic rings. The first-order valence-corrected chi connectivity index (χ1v) is 16.5. The van der Waals surface area contributed by atoms with Crippen LogP contribution >= 0.6 is 11.3 Å². The van der Waals surface area contributed by atoms with Crippen molar-refractivity contribution in [1.29, 1.82) is 0 Å². The van der Waals surface area contributed by atoms with Crippen molar-refractivity contribution in [3.8, 4) is 0 Å². The third-order valence-corrected chi connectivity index (χ3v) is 7.46. The predicted octanol–water partition coefficient (Wildman–Crippen LogP) is 5.66. The Bertz CT molecular complexity index is 1350. The number of carbonyl (C=O) groups excluding carboxylic acids is 1. The lowest BCUT2D eigenvalue weighted by atomic mass is 10.2. The van der Waals surface area contributed by atoms with E-state index in [1.807, 2.05) is 23.1 Å². The van der Waals surface area contributed by atoms with Gasteiger partial charge in [-0.2, -0.15) is 9.78 Å². The summed E-state index contributed by atoms with van der Waals surface area (Å²) < 4.78 is 12.5. The normalized spacial score (nSPS) is 12.1. The molecule has 0 radical (unpaired) electrons. The van der Waals surface area contributed by atoms with Gasteiger partial charge in [-0.15, -0.1) is 10.2 Å². The number of nitrogens with zero attached hydrogens (tertiary/aromatic N) is 7. The molecule has 4 rings (SSSR count). The lowest BCUT2D eigenvalue weighted by molar-refractivity contribution is 0.0514. The Kier molecular flexibility index (Phi) is 7.85. The molecular weight excluding hydrogens is 508 g/mol. The number of anilines is 4. The topological polar surface area (TPSA) is 120 Å². The van der Waals surface area contributed by atoms with Crippen LogP contribution in [-0.4, -0.2) is 63.1 Å². The fourth-order valence-corrected chi connectivity index (χ4v) is 4.53. The predicted molar refractivity (Wildman–Crippen MR) is 148 cm³/mol. The van der Waals surface area contributed by atoms with Gasteiger partial charge in [0.2, 0.25) is 5.13 Å². The first kappa shape index (κ1) is 26.6. The van der Waals surface area contributed by atoms with Crippen molar-refractivity contribution in [3.63, 3.8) is 0 Å². The average molecular weight is 541 g/mol. The Labute approximate surface area is 220 Å². The van der Waals surface area contributed by atoms with Gasteiger partial charge in [0, 0.05) is 14.7 Å². The fraction of sp³-hybridized carbons (Fsp3) is 0.417. The van der Waals surface area contributed by atoms with Gasteiger partial charge in [-0.05, 0) is 45.0 Å². The highest BCUT2D eigenvalue weighted by atomic mass is 32.1. The molecule has 0 atom stereocenters. The van der Waals surface area contributed by atoms with Crippen molar-refractivity contribution < 1.29 is 14.3 Å². The standard InChI is InChI=1S/C24H32N8O3SSi/c1-24(2,3)35-23(33)32-14-18(13-27-32)28-17-11-20-19(25-12-17)7-8-21(29-20)31(22-30-26-15-36-22)16-34-9-10-37(4,5)6/h7-8,11-15,28H,9-10,16H2,1-6H3. The minimum Gasteiger partial charge on any atom is -0.442 e. The highest BCUT2D eigenvalue weighted by Crippen LogP contribution is 2.28. The number of nitrogens with one attached hydrogen (secondary N) is 1. The summed E-state index contributed by atoms with van der Waals surface area (Å²) in [5, 5.41) is 16.2. The number of pyridine rings is 2. The van der Waals surface area contributed by atoms with Crippen molar-refractivity contribution in [1.82, 2.24) is 29.9 Å². The first-order chi connectivity index (χ1) is 17.5. The zero-order chi connectivity index (χ0) is 26.6. The molecule has 11 nitrogen and oxygen atoms in total. The Balaban J connectivity index is 1.52. The van der Waals surface area contributed by atoms with Crippen molar-refractivity contribution in [2.75, 3.05) is 23.6 Å². The molecule has 0 unspecified atom stereocenters. The van der Waals surface area contributed by atoms with Crippen LogP contribution in [0.15, 0.2) is 42.3 Å². The van der Waals surface area contributed by atoms with E-state index in [1.54, 1.807) is 44.9 Å². The number of aromatic nitrogens is 6. The van der Waals surface area contributed by atoms with Crippen LogP contribution in [0.25, 0.3) is 11.0 Å². The highest BCUT2D eigenvalue weighted by Gasteiger charge is 2.19. The Hall–Kier alpha value is -3.42. The van der Waals surface area contributed by atoms with Gasteiger partial charge in [-0.1, -0.05) is 31.0 Å². The Morgan fingerprint density at radius 2 is 1.97 bits per heavy atom. The van der Waals surface area contributed by atoms with Crippen LogP contribution < -0.4 is 10.2 Å². The van der Waals surface area contributed by atoms with Gasteiger partial charge in [0.05, 0.1) is 41.0 Å². The lowest BCUT2D eigenvalue weighted by Gasteiger charge is -2.22. The second-order valence-electron chi connectivity index (χ2n) is 10.7. The van der Waals surface area contributed by atoms with Gasteiger partial charge in [0.25, 0.3) is 0 Å². The fourth-order valence-electron chi connectivity index (χ4n) is 3.22. The largest absolute Gasteiger partial charge is 0.442 e. The minimum atomic E-state index is -1.20. The summed E-state index contributed by atoms with van der Waals surface area (Å²) in [6, 6.07) is 6.78. The molecule has 0 aliphatic heterocycles. The molecule has 0 fully saturated rings. The van der Waals surface area contributed by atoms with Gasteiger partial charge in [0.1, 0.15) is 23.7 Å². The average Bonchev–Trinajstić information content (AvgIpc) is 3.49. The van der Waals surface area contributed by atoms with Crippen LogP contribution in [0.1, 0.15) is 20.8 Å². The number of hydrogen-bond donors (Lipinski definition) is 1. The molecule has 0 saturated heterocycles. The van der Waals surface area contributed by atoms with E-state index in [4.69, 9.17) is 14.5 Å². The quantitative estimate of drug-likeness (QED) is 0.162. The molecule has 0 amide bonds. The van der Waals surface area contributed by atoms with E-state index in [2.05, 4.69) is 45.2 Å². The molecule has 0 aliphatic carbocycles. The van der Waals surface area contributed by atoms with Crippen molar-refractivity contribution in [3.05, 3.63) is 42.3 Å². The summed E-state index contributed by atoms with van der Waals surface area (Å²) in [6.07, 6.45) is 4.27. The van der Waals surface area contributed by atoms with Crippen molar-refractivity contribution in [2.24, 2.45) is 0 Å². The molecule has 0 saturated carbocycles. The SMILES string of the molecule is CC(C)(C)OC(=O)n1cc(Nc2cnc3ccc(N(COCC[Si](C)(C)C)c4nncs4)nc3c2)cn1. The zero-order valence-corrected chi connectivity index (χ0v) is 23.7. The van der Waals surface area contributed by atoms with Gasteiger partial charge in [0.15, 0.2) is 0 Å². The molecule has 4 aromatic heterocycles. The molecule has 1 N–H and O–H groups in total. The Morgan fingerprint density at radius 3 is 2.68 bits per heavy atom. The molecule has 37 heavy (non-hydrogen) atoms. The highest BCUT2D eigenvalue weighted by molar-refractivity contribution is 7.13. The molecule has 4 heterocycles. The summed E-state index contributed by atoms with van der Waals surface area (Å²) >= 11 is 1.42. The maximum Gasteiger partial charge on any atom is 0.435 e. The second-order valence-corrected chi connectivity index (χ2v) is 17.1. The number of fused-ring (bicyclic) bond motifs is 1. The van der Waals surface area contributed by atoms with Crippen LogP contribution in [0.3, 0.4) is 0 Å². The van der Waals surface area contributed by atoms with E-state index in [0.717, 1.165) is 16.2 Å². The summed E-state index contributed by atoms with van der Waals surface area (Å²) in [5.74, 6) is 0.689.